The van der Waals surface area contributed by atoms with Gasteiger partial charge in [-0.25, -0.2) is 0 Å². The normalized spacial score (nSPS) is 19.5. The second kappa shape index (κ2) is 6.35. The van der Waals surface area contributed by atoms with Crippen LogP contribution in [0.2, 0.25) is 0 Å². The molecule has 0 radical (unpaired) electrons. The minimum Gasteiger partial charge on any atom is -0.389 e. The predicted molar refractivity (Wildman–Crippen MR) is 102 cm³/mol. The Morgan fingerprint density at radius 2 is 1.58 bits per heavy atom. The van der Waals surface area contributed by atoms with Gasteiger partial charge in [-0.2, -0.15) is 5.26 Å². The molecule has 118 valence electrons. The largest absolute Gasteiger partial charge is 0.389 e. The van der Waals surface area contributed by atoms with Gasteiger partial charge < -0.3 is 5.73 Å². The number of nitrogen functional groups attached to an aromatic ring is 1. The van der Waals surface area contributed by atoms with Crippen molar-refractivity contribution in [1.82, 2.24) is 0 Å². The van der Waals surface area contributed by atoms with E-state index in [1.807, 2.05) is 23.9 Å². The minimum absolute atomic E-state index is 0.231. The number of hydrogen-bond acceptors (Lipinski definition) is 4. The summed E-state index contributed by atoms with van der Waals surface area (Å²) in [4.78, 5) is 1.24. The first-order valence-electron chi connectivity index (χ1n) is 7.84. The monoisotopic (exact) mass is 348 g/mol. The van der Waals surface area contributed by atoms with Crippen LogP contribution in [0.15, 0.2) is 60.7 Å². The van der Waals surface area contributed by atoms with Gasteiger partial charge in [-0.3, -0.25) is 0 Å². The Kier molecular flexibility index (Phi) is 4.05. The first-order chi connectivity index (χ1) is 11.8. The van der Waals surface area contributed by atoms with Crippen molar-refractivity contribution in [1.29, 1.82) is 5.26 Å². The van der Waals surface area contributed by atoms with E-state index in [9.17, 15) is 5.26 Å². The first kappa shape index (κ1) is 15.3. The molecular formula is C20H16N2S2. The number of thioether (sulfide) groups is 1. The van der Waals surface area contributed by atoms with Crippen molar-refractivity contribution >= 4 is 28.1 Å². The fourth-order valence-electron chi connectivity index (χ4n) is 3.22. The summed E-state index contributed by atoms with van der Waals surface area (Å²) in [5, 5.41) is 10.8. The zero-order chi connectivity index (χ0) is 16.5. The van der Waals surface area contributed by atoms with E-state index in [0.717, 1.165) is 12.0 Å². The average Bonchev–Trinajstić information content (AvgIpc) is 2.97. The Morgan fingerprint density at radius 1 is 0.958 bits per heavy atom. The van der Waals surface area contributed by atoms with Crippen molar-refractivity contribution in [2.45, 2.75) is 16.9 Å². The Labute approximate surface area is 149 Å². The van der Waals surface area contributed by atoms with Gasteiger partial charge in [0.2, 0.25) is 0 Å². The predicted octanol–water partition coefficient (Wildman–Crippen LogP) is 5.32. The maximum atomic E-state index is 9.55. The Hall–Kier alpha value is -2.22. The van der Waals surface area contributed by atoms with Crippen LogP contribution >= 0.6 is 23.1 Å². The molecule has 24 heavy (non-hydrogen) atoms. The van der Waals surface area contributed by atoms with Crippen LogP contribution in [0.25, 0.3) is 0 Å². The van der Waals surface area contributed by atoms with Gasteiger partial charge in [-0.15, -0.1) is 23.1 Å². The Morgan fingerprint density at radius 3 is 2.21 bits per heavy atom. The number of nitrogens with two attached hydrogens (primary N) is 1. The Bertz CT molecular complexity index is 895. The maximum absolute atomic E-state index is 9.55. The van der Waals surface area contributed by atoms with E-state index < -0.39 is 0 Å². The van der Waals surface area contributed by atoms with E-state index in [-0.39, 0.29) is 5.25 Å². The van der Waals surface area contributed by atoms with E-state index >= 15 is 0 Å². The summed E-state index contributed by atoms with van der Waals surface area (Å²) in [6.45, 7) is 0. The van der Waals surface area contributed by atoms with Gasteiger partial charge in [0.1, 0.15) is 11.1 Å². The lowest BCUT2D eigenvalue weighted by Gasteiger charge is -2.29. The van der Waals surface area contributed by atoms with Crippen LogP contribution in [0, 0.1) is 11.3 Å². The highest BCUT2D eigenvalue weighted by Crippen LogP contribution is 2.55. The third-order valence-corrected chi connectivity index (χ3v) is 7.20. The number of anilines is 1. The van der Waals surface area contributed by atoms with E-state index in [4.69, 9.17) is 5.73 Å². The minimum atomic E-state index is 0.231. The molecule has 2 heterocycles. The number of rotatable bonds is 2. The smallest absolute Gasteiger partial charge is 0.104 e. The molecule has 1 aliphatic heterocycles. The molecule has 2 N–H and O–H groups in total. The van der Waals surface area contributed by atoms with Crippen LogP contribution in [0.3, 0.4) is 0 Å². The molecule has 2 atom stereocenters. The second-order valence-corrected chi connectivity index (χ2v) is 8.22. The lowest BCUT2D eigenvalue weighted by molar-refractivity contribution is 0.886. The van der Waals surface area contributed by atoms with Gasteiger partial charge in [-0.1, -0.05) is 60.7 Å². The van der Waals surface area contributed by atoms with Crippen molar-refractivity contribution in [2.24, 2.45) is 0 Å². The number of benzene rings is 2. The van der Waals surface area contributed by atoms with Crippen LogP contribution in [-0.2, 0) is 6.42 Å². The summed E-state index contributed by atoms with van der Waals surface area (Å²) in [6, 6.07) is 23.4. The van der Waals surface area contributed by atoms with Crippen molar-refractivity contribution in [3.8, 4) is 6.07 Å². The van der Waals surface area contributed by atoms with Crippen molar-refractivity contribution in [3.63, 3.8) is 0 Å². The molecule has 0 amide bonds. The summed E-state index contributed by atoms with van der Waals surface area (Å²) in [6.07, 6.45) is 0.865. The molecular weight excluding hydrogens is 332 g/mol. The first-order valence-corrected chi connectivity index (χ1v) is 9.60. The van der Waals surface area contributed by atoms with Crippen LogP contribution in [0.1, 0.15) is 37.6 Å². The molecule has 0 aliphatic carbocycles. The lowest BCUT2D eigenvalue weighted by atomic mass is 9.97. The maximum Gasteiger partial charge on any atom is 0.104 e. The summed E-state index contributed by atoms with van der Waals surface area (Å²) in [7, 11) is 0. The van der Waals surface area contributed by atoms with Crippen LogP contribution in [0.4, 0.5) is 5.00 Å². The molecule has 0 fully saturated rings. The molecule has 4 rings (SSSR count). The van der Waals surface area contributed by atoms with Gasteiger partial charge in [0, 0.05) is 10.1 Å². The number of nitriles is 1. The quantitative estimate of drug-likeness (QED) is 0.681. The van der Waals surface area contributed by atoms with Gasteiger partial charge >= 0.3 is 0 Å². The topological polar surface area (TPSA) is 49.8 Å². The SMILES string of the molecule is N#Cc1c(N)sc2c1C[C@@H](c1ccccc1)S[C@@H]2c1ccccc1. The van der Waals surface area contributed by atoms with Crippen molar-refractivity contribution in [3.05, 3.63) is 87.8 Å². The Balaban J connectivity index is 1.84. The van der Waals surface area contributed by atoms with Crippen molar-refractivity contribution < 1.29 is 0 Å². The van der Waals surface area contributed by atoms with Gasteiger partial charge in [-0.05, 0) is 23.1 Å². The third-order valence-electron chi connectivity index (χ3n) is 4.38. The number of fused-ring (bicyclic) bond motifs is 1. The van der Waals surface area contributed by atoms with Crippen LogP contribution in [-0.4, -0.2) is 0 Å². The van der Waals surface area contributed by atoms with Crippen LogP contribution < -0.4 is 5.73 Å². The van der Waals surface area contributed by atoms with E-state index in [1.165, 1.54) is 16.0 Å². The molecule has 2 aromatic carbocycles. The third kappa shape index (κ3) is 2.60. The summed E-state index contributed by atoms with van der Waals surface area (Å²) in [5.74, 6) is 0. The lowest BCUT2D eigenvalue weighted by Crippen LogP contribution is -2.12. The number of nitrogens with zero attached hydrogens (tertiary/aromatic N) is 1. The molecule has 1 aromatic heterocycles. The molecule has 0 saturated heterocycles. The van der Waals surface area contributed by atoms with Gasteiger partial charge in [0.15, 0.2) is 0 Å². The molecule has 0 bridgehead atoms. The molecule has 0 saturated carbocycles. The highest BCUT2D eigenvalue weighted by Gasteiger charge is 2.34. The number of hydrogen-bond donors (Lipinski definition) is 1. The second-order valence-electron chi connectivity index (χ2n) is 5.83. The van der Waals surface area contributed by atoms with Crippen molar-refractivity contribution in [2.75, 3.05) is 5.73 Å². The molecule has 2 nitrogen and oxygen atoms in total. The summed E-state index contributed by atoms with van der Waals surface area (Å²) < 4.78 is 0. The zero-order valence-corrected chi connectivity index (χ0v) is 14.6. The van der Waals surface area contributed by atoms with E-state index in [1.54, 1.807) is 11.3 Å². The van der Waals surface area contributed by atoms with E-state index in [2.05, 4.69) is 54.6 Å². The van der Waals surface area contributed by atoms with Gasteiger partial charge in [0.05, 0.1) is 10.8 Å². The summed E-state index contributed by atoms with van der Waals surface area (Å²) in [5.41, 5.74) is 10.5. The standard InChI is InChI=1S/C20H16N2S2/c21-12-16-15-11-17(13-7-3-1-4-8-13)23-18(19(15)24-20(16)22)14-9-5-2-6-10-14/h1-10,17-18H,11,22H2/t17-,18+/m0/s1. The molecule has 0 unspecified atom stereocenters. The zero-order valence-electron chi connectivity index (χ0n) is 13.0. The van der Waals surface area contributed by atoms with E-state index in [0.29, 0.717) is 15.8 Å². The summed E-state index contributed by atoms with van der Waals surface area (Å²) >= 11 is 3.53. The van der Waals surface area contributed by atoms with Crippen LogP contribution in [0.5, 0.6) is 0 Å². The highest BCUT2D eigenvalue weighted by atomic mass is 32.2. The highest BCUT2D eigenvalue weighted by molar-refractivity contribution is 8.00. The number of thiophene rings is 1. The molecule has 3 aromatic rings. The molecule has 1 aliphatic rings. The fourth-order valence-corrected chi connectivity index (χ4v) is 6.08. The van der Waals surface area contributed by atoms with Gasteiger partial charge in [0.25, 0.3) is 0 Å². The molecule has 0 spiro atoms. The fraction of sp³-hybridized carbons (Fsp3) is 0.150. The molecule has 4 heteroatoms. The average molecular weight is 348 g/mol.